The summed E-state index contributed by atoms with van der Waals surface area (Å²) in [5.41, 5.74) is 2.04. The molecule has 2 aromatic heterocycles. The third-order valence-electron chi connectivity index (χ3n) is 3.31. The number of para-hydroxylation sites is 2. The molecule has 7 nitrogen and oxygen atoms in total. The van der Waals surface area contributed by atoms with Crippen molar-refractivity contribution in [2.45, 2.75) is 13.0 Å². The maximum Gasteiger partial charge on any atom is 0.252 e. The molecule has 0 radical (unpaired) electrons. The minimum absolute atomic E-state index is 0.334. The van der Waals surface area contributed by atoms with Gasteiger partial charge in [-0.3, -0.25) is 19.9 Å². The molecule has 0 aliphatic rings. The van der Waals surface area contributed by atoms with E-state index in [9.17, 15) is 9.59 Å². The average Bonchev–Trinajstić information content (AvgIpc) is 2.97. The van der Waals surface area contributed by atoms with Gasteiger partial charge in [-0.25, -0.2) is 4.98 Å². The van der Waals surface area contributed by atoms with Gasteiger partial charge in [-0.1, -0.05) is 12.1 Å². The van der Waals surface area contributed by atoms with E-state index in [-0.39, 0.29) is 11.8 Å². The van der Waals surface area contributed by atoms with E-state index in [2.05, 4.69) is 25.6 Å². The Morgan fingerprint density at radius 1 is 1.13 bits per heavy atom. The summed E-state index contributed by atoms with van der Waals surface area (Å²) >= 11 is 0. The van der Waals surface area contributed by atoms with Gasteiger partial charge in [-0.15, -0.1) is 0 Å². The summed E-state index contributed by atoms with van der Waals surface area (Å²) in [5.74, 6) is -0.340. The van der Waals surface area contributed by atoms with Gasteiger partial charge < -0.3 is 10.3 Å². The van der Waals surface area contributed by atoms with Crippen molar-refractivity contribution >= 4 is 28.8 Å². The van der Waals surface area contributed by atoms with Crippen LogP contribution in [0.3, 0.4) is 0 Å². The monoisotopic (exact) mass is 309 g/mol. The van der Waals surface area contributed by atoms with Crippen molar-refractivity contribution in [3.8, 4) is 0 Å². The Bertz CT molecular complexity index is 811. The van der Waals surface area contributed by atoms with E-state index in [4.69, 9.17) is 0 Å². The van der Waals surface area contributed by atoms with Crippen LogP contribution in [-0.2, 0) is 4.79 Å². The molecule has 1 aromatic carbocycles. The number of pyridine rings is 1. The summed E-state index contributed by atoms with van der Waals surface area (Å²) in [7, 11) is 0. The number of carbonyl (C=O) groups excluding carboxylic acids is 2. The molecule has 0 saturated heterocycles. The molecule has 0 spiro atoms. The minimum Gasteiger partial charge on any atom is -0.341 e. The molecule has 3 aromatic rings. The van der Waals surface area contributed by atoms with Gasteiger partial charge in [0.1, 0.15) is 6.04 Å². The fourth-order valence-corrected chi connectivity index (χ4v) is 2.09. The van der Waals surface area contributed by atoms with Crippen molar-refractivity contribution in [2.24, 2.45) is 0 Å². The lowest BCUT2D eigenvalue weighted by Gasteiger charge is -2.12. The zero-order valence-electron chi connectivity index (χ0n) is 12.4. The third kappa shape index (κ3) is 3.34. The van der Waals surface area contributed by atoms with E-state index >= 15 is 0 Å². The van der Waals surface area contributed by atoms with Gasteiger partial charge in [0.05, 0.1) is 11.0 Å². The van der Waals surface area contributed by atoms with Crippen molar-refractivity contribution in [1.82, 2.24) is 20.3 Å². The van der Waals surface area contributed by atoms with Crippen LogP contribution in [-0.4, -0.2) is 32.8 Å². The maximum absolute atomic E-state index is 12.2. The first kappa shape index (κ1) is 14.7. The average molecular weight is 309 g/mol. The lowest BCUT2D eigenvalue weighted by atomic mass is 10.2. The second-order valence-electron chi connectivity index (χ2n) is 5.02. The number of fused-ring (bicyclic) bond motifs is 1. The highest BCUT2D eigenvalue weighted by molar-refractivity contribution is 6.00. The number of hydrogen-bond acceptors (Lipinski definition) is 4. The van der Waals surface area contributed by atoms with Crippen LogP contribution in [0.4, 0.5) is 5.95 Å². The van der Waals surface area contributed by atoms with Gasteiger partial charge >= 0.3 is 0 Å². The smallest absolute Gasteiger partial charge is 0.252 e. The molecule has 1 atom stereocenters. The number of nitrogens with one attached hydrogen (secondary N) is 3. The van der Waals surface area contributed by atoms with Gasteiger partial charge in [0, 0.05) is 18.0 Å². The molecule has 7 heteroatoms. The summed E-state index contributed by atoms with van der Waals surface area (Å²) in [6.07, 6.45) is 3.04. The summed E-state index contributed by atoms with van der Waals surface area (Å²) in [5, 5.41) is 5.28. The first-order valence-corrected chi connectivity index (χ1v) is 7.10. The van der Waals surface area contributed by atoms with Crippen LogP contribution in [0.5, 0.6) is 0 Å². The summed E-state index contributed by atoms with van der Waals surface area (Å²) in [4.78, 5) is 35.3. The summed E-state index contributed by atoms with van der Waals surface area (Å²) < 4.78 is 0. The van der Waals surface area contributed by atoms with Crippen molar-refractivity contribution in [1.29, 1.82) is 0 Å². The van der Waals surface area contributed by atoms with Crippen LogP contribution in [0.15, 0.2) is 48.8 Å². The molecular weight excluding hydrogens is 294 g/mol. The van der Waals surface area contributed by atoms with E-state index in [1.165, 1.54) is 12.4 Å². The highest BCUT2D eigenvalue weighted by Gasteiger charge is 2.17. The molecule has 0 fully saturated rings. The molecule has 2 heterocycles. The normalized spacial score (nSPS) is 11.9. The summed E-state index contributed by atoms with van der Waals surface area (Å²) in [6, 6.07) is 9.92. The number of imidazole rings is 1. The molecule has 1 unspecified atom stereocenters. The number of anilines is 1. The SMILES string of the molecule is CC(NC(=O)c1ccncc1)C(=O)Nc1nc2ccccc2[nH]1. The van der Waals surface area contributed by atoms with Gasteiger partial charge in [0.15, 0.2) is 0 Å². The fraction of sp³-hybridized carbons (Fsp3) is 0.125. The molecule has 0 aliphatic heterocycles. The van der Waals surface area contributed by atoms with Crippen LogP contribution in [0, 0.1) is 0 Å². The van der Waals surface area contributed by atoms with Gasteiger partial charge in [-0.05, 0) is 31.2 Å². The van der Waals surface area contributed by atoms with Crippen LogP contribution in [0.2, 0.25) is 0 Å². The van der Waals surface area contributed by atoms with Gasteiger partial charge in [0.2, 0.25) is 11.9 Å². The number of aromatic amines is 1. The summed E-state index contributed by atoms with van der Waals surface area (Å²) in [6.45, 7) is 1.61. The Kier molecular flexibility index (Phi) is 4.01. The van der Waals surface area contributed by atoms with Crippen molar-refractivity contribution in [3.05, 3.63) is 54.4 Å². The van der Waals surface area contributed by atoms with Crippen molar-refractivity contribution in [2.75, 3.05) is 5.32 Å². The second-order valence-corrected chi connectivity index (χ2v) is 5.02. The second kappa shape index (κ2) is 6.27. The molecule has 0 saturated carbocycles. The van der Waals surface area contributed by atoms with Gasteiger partial charge in [0.25, 0.3) is 5.91 Å². The minimum atomic E-state index is -0.705. The first-order valence-electron chi connectivity index (χ1n) is 7.10. The van der Waals surface area contributed by atoms with Crippen LogP contribution in [0.25, 0.3) is 11.0 Å². The number of carbonyl (C=O) groups is 2. The molecule has 0 bridgehead atoms. The van der Waals surface area contributed by atoms with Gasteiger partial charge in [-0.2, -0.15) is 0 Å². The van der Waals surface area contributed by atoms with E-state index in [0.717, 1.165) is 11.0 Å². The Balaban J connectivity index is 1.64. The van der Waals surface area contributed by atoms with Crippen LogP contribution >= 0.6 is 0 Å². The predicted octanol–water partition coefficient (Wildman–Crippen LogP) is 1.71. The van der Waals surface area contributed by atoms with E-state index < -0.39 is 6.04 Å². The third-order valence-corrected chi connectivity index (χ3v) is 3.31. The molecule has 3 rings (SSSR count). The van der Waals surface area contributed by atoms with E-state index in [1.54, 1.807) is 19.1 Å². The molecule has 2 amide bonds. The molecule has 23 heavy (non-hydrogen) atoms. The van der Waals surface area contributed by atoms with Crippen molar-refractivity contribution < 1.29 is 9.59 Å². The highest BCUT2D eigenvalue weighted by atomic mass is 16.2. The van der Waals surface area contributed by atoms with E-state index in [1.807, 2.05) is 24.3 Å². The number of H-pyrrole nitrogens is 1. The molecule has 116 valence electrons. The Morgan fingerprint density at radius 3 is 2.61 bits per heavy atom. The predicted molar refractivity (Wildman–Crippen MR) is 85.9 cm³/mol. The maximum atomic E-state index is 12.2. The largest absolute Gasteiger partial charge is 0.341 e. The van der Waals surface area contributed by atoms with E-state index in [0.29, 0.717) is 11.5 Å². The zero-order valence-corrected chi connectivity index (χ0v) is 12.4. The Morgan fingerprint density at radius 2 is 1.87 bits per heavy atom. The fourth-order valence-electron chi connectivity index (χ4n) is 2.09. The first-order chi connectivity index (χ1) is 11.1. The molecular formula is C16H15N5O2. The number of nitrogens with zero attached hydrogens (tertiary/aromatic N) is 2. The quantitative estimate of drug-likeness (QED) is 0.683. The lowest BCUT2D eigenvalue weighted by molar-refractivity contribution is -0.117. The zero-order chi connectivity index (χ0) is 16.2. The van der Waals surface area contributed by atoms with Crippen molar-refractivity contribution in [3.63, 3.8) is 0 Å². The number of amides is 2. The lowest BCUT2D eigenvalue weighted by Crippen LogP contribution is -2.41. The number of rotatable bonds is 4. The number of benzene rings is 1. The Labute approximate surface area is 132 Å². The topological polar surface area (TPSA) is 99.8 Å². The van der Waals surface area contributed by atoms with Crippen LogP contribution in [0.1, 0.15) is 17.3 Å². The Hall–Kier alpha value is -3.22. The number of aromatic nitrogens is 3. The standard InChI is InChI=1S/C16H15N5O2/c1-10(18-15(23)11-6-8-17-9-7-11)14(22)21-16-19-12-4-2-3-5-13(12)20-16/h2-10H,1H3,(H,18,23)(H2,19,20,21,22). The molecule has 3 N–H and O–H groups in total. The number of hydrogen-bond donors (Lipinski definition) is 3. The molecule has 0 aliphatic carbocycles. The highest BCUT2D eigenvalue weighted by Crippen LogP contribution is 2.13. The van der Waals surface area contributed by atoms with Crippen LogP contribution < -0.4 is 10.6 Å².